The van der Waals surface area contributed by atoms with Crippen LogP contribution in [-0.4, -0.2) is 22.8 Å². The molecule has 130 valence electrons. The summed E-state index contributed by atoms with van der Waals surface area (Å²) in [5.74, 6) is -0.636. The molecule has 1 aromatic carbocycles. The van der Waals surface area contributed by atoms with Crippen molar-refractivity contribution in [2.75, 3.05) is 11.9 Å². The van der Waals surface area contributed by atoms with E-state index < -0.39 is 41.0 Å². The number of nitrogens with one attached hydrogen (secondary N) is 1. The summed E-state index contributed by atoms with van der Waals surface area (Å²) < 4.78 is 80.1. The molecule has 0 saturated carbocycles. The minimum atomic E-state index is -4.80. The van der Waals surface area contributed by atoms with Gasteiger partial charge in [0.1, 0.15) is 5.75 Å². The predicted octanol–water partition coefficient (Wildman–Crippen LogP) is 4.83. The maximum absolute atomic E-state index is 12.9. The maximum Gasteiger partial charge on any atom is 0.422 e. The van der Waals surface area contributed by atoms with E-state index in [1.807, 2.05) is 0 Å². The first-order chi connectivity index (χ1) is 11.1. The molecule has 0 amide bonds. The molecule has 4 nitrogen and oxygen atoms in total. The van der Waals surface area contributed by atoms with Crippen molar-refractivity contribution in [3.63, 3.8) is 0 Å². The van der Waals surface area contributed by atoms with Gasteiger partial charge in [0, 0.05) is 18.5 Å². The van der Waals surface area contributed by atoms with Crippen LogP contribution in [0.2, 0.25) is 5.02 Å². The topological polar surface area (TPSA) is 47.0 Å². The van der Waals surface area contributed by atoms with Gasteiger partial charge in [-0.2, -0.15) is 26.3 Å². The van der Waals surface area contributed by atoms with Crippen molar-refractivity contribution >= 4 is 23.2 Å². The third kappa shape index (κ3) is 4.88. The average Bonchev–Trinajstić information content (AvgIpc) is 2.46. The zero-order valence-corrected chi connectivity index (χ0v) is 12.3. The Morgan fingerprint density at radius 3 is 2.21 bits per heavy atom. The average molecular weight is 372 g/mol. The van der Waals surface area contributed by atoms with Crippen LogP contribution in [0.4, 0.5) is 38.0 Å². The fourth-order valence-corrected chi connectivity index (χ4v) is 1.89. The summed E-state index contributed by atoms with van der Waals surface area (Å²) in [5.41, 5.74) is -1.64. The van der Waals surface area contributed by atoms with E-state index in [0.717, 1.165) is 0 Å². The van der Waals surface area contributed by atoms with Gasteiger partial charge in [-0.05, 0) is 12.1 Å². The Hall–Kier alpha value is -2.23. The van der Waals surface area contributed by atoms with Crippen LogP contribution in [0.5, 0.6) is 5.75 Å². The number of rotatable bonds is 4. The monoisotopic (exact) mass is 371 g/mol. The molecule has 11 heteroatoms. The molecule has 1 aromatic heterocycles. The van der Waals surface area contributed by atoms with E-state index in [1.54, 1.807) is 0 Å². The van der Waals surface area contributed by atoms with Gasteiger partial charge in [-0.15, -0.1) is 0 Å². The molecule has 2 aromatic rings. The van der Waals surface area contributed by atoms with Crippen LogP contribution in [0.1, 0.15) is 5.56 Å². The Balaban J connectivity index is 2.42. The minimum absolute atomic E-state index is 0.121. The molecular weight excluding hydrogens is 364 g/mol. The first kappa shape index (κ1) is 18.1. The quantitative estimate of drug-likeness (QED) is 0.782. The Kier molecular flexibility index (Phi) is 5.07. The number of anilines is 2. The maximum atomic E-state index is 12.9. The van der Waals surface area contributed by atoms with Gasteiger partial charge in [0.2, 0.25) is 5.95 Å². The van der Waals surface area contributed by atoms with Crippen molar-refractivity contribution in [1.29, 1.82) is 0 Å². The molecule has 0 fully saturated rings. The Bertz CT molecular complexity index is 705. The predicted molar refractivity (Wildman–Crippen MR) is 73.3 cm³/mol. The molecule has 1 heterocycles. The van der Waals surface area contributed by atoms with Crippen molar-refractivity contribution < 1.29 is 31.1 Å². The minimum Gasteiger partial charge on any atom is -0.482 e. The first-order valence-corrected chi connectivity index (χ1v) is 6.58. The lowest BCUT2D eigenvalue weighted by atomic mass is 10.1. The second kappa shape index (κ2) is 6.71. The fourth-order valence-electron chi connectivity index (χ4n) is 1.63. The lowest BCUT2D eigenvalue weighted by Gasteiger charge is -2.17. The third-order valence-corrected chi connectivity index (χ3v) is 2.89. The largest absolute Gasteiger partial charge is 0.482 e. The smallest absolute Gasteiger partial charge is 0.422 e. The van der Waals surface area contributed by atoms with E-state index >= 15 is 0 Å². The molecular formula is C13H8ClF6N3O. The molecule has 0 atom stereocenters. The van der Waals surface area contributed by atoms with Crippen LogP contribution >= 0.6 is 11.6 Å². The SMILES string of the molecule is FC(F)(F)COc1cc(Cl)c(C(F)(F)F)cc1Nc1ncccn1. The number of hydrogen-bond acceptors (Lipinski definition) is 4. The van der Waals surface area contributed by atoms with E-state index in [4.69, 9.17) is 11.6 Å². The van der Waals surface area contributed by atoms with Gasteiger partial charge in [-0.3, -0.25) is 0 Å². The highest BCUT2D eigenvalue weighted by Gasteiger charge is 2.35. The zero-order chi connectivity index (χ0) is 18.0. The zero-order valence-electron chi connectivity index (χ0n) is 11.5. The lowest BCUT2D eigenvalue weighted by molar-refractivity contribution is -0.153. The summed E-state index contributed by atoms with van der Waals surface area (Å²) in [6, 6.07) is 2.64. The first-order valence-electron chi connectivity index (χ1n) is 6.20. The van der Waals surface area contributed by atoms with Crippen molar-refractivity contribution in [3.05, 3.63) is 41.2 Å². The van der Waals surface area contributed by atoms with Gasteiger partial charge in [0.15, 0.2) is 6.61 Å². The van der Waals surface area contributed by atoms with E-state index in [-0.39, 0.29) is 5.95 Å². The molecule has 0 radical (unpaired) electrons. The van der Waals surface area contributed by atoms with Gasteiger partial charge in [0.05, 0.1) is 16.3 Å². The number of aromatic nitrogens is 2. The van der Waals surface area contributed by atoms with Crippen LogP contribution in [0, 0.1) is 0 Å². The number of hydrogen-bond donors (Lipinski definition) is 1. The Morgan fingerprint density at radius 2 is 1.67 bits per heavy atom. The third-order valence-electron chi connectivity index (χ3n) is 2.58. The van der Waals surface area contributed by atoms with Gasteiger partial charge in [-0.1, -0.05) is 11.6 Å². The highest BCUT2D eigenvalue weighted by atomic mass is 35.5. The van der Waals surface area contributed by atoms with Gasteiger partial charge >= 0.3 is 12.4 Å². The highest BCUT2D eigenvalue weighted by molar-refractivity contribution is 6.31. The number of benzene rings is 1. The number of nitrogens with zero attached hydrogens (tertiary/aromatic N) is 2. The molecule has 0 aliphatic heterocycles. The molecule has 0 spiro atoms. The summed E-state index contributed by atoms with van der Waals surface area (Å²) in [7, 11) is 0. The van der Waals surface area contributed by atoms with Crippen LogP contribution in [0.25, 0.3) is 0 Å². The van der Waals surface area contributed by atoms with Crippen LogP contribution < -0.4 is 10.1 Å². The molecule has 24 heavy (non-hydrogen) atoms. The lowest BCUT2D eigenvalue weighted by Crippen LogP contribution is -2.20. The normalized spacial score (nSPS) is 12.1. The van der Waals surface area contributed by atoms with Crippen LogP contribution in [0.3, 0.4) is 0 Å². The molecule has 2 rings (SSSR count). The molecule has 0 saturated heterocycles. The van der Waals surface area contributed by atoms with Crippen LogP contribution in [-0.2, 0) is 6.18 Å². The highest BCUT2D eigenvalue weighted by Crippen LogP contribution is 2.41. The standard InChI is InChI=1S/C13H8ClF6N3O/c14-8-5-10(24-6-12(15,16)17)9(4-7(8)13(18,19)20)23-11-21-2-1-3-22-11/h1-5H,6H2,(H,21,22,23). The van der Waals surface area contributed by atoms with Crippen molar-refractivity contribution in [1.82, 2.24) is 9.97 Å². The van der Waals surface area contributed by atoms with E-state index in [9.17, 15) is 26.3 Å². The summed E-state index contributed by atoms with van der Waals surface area (Å²) in [4.78, 5) is 7.45. The van der Waals surface area contributed by atoms with E-state index in [1.165, 1.54) is 18.5 Å². The van der Waals surface area contributed by atoms with Crippen molar-refractivity contribution in [3.8, 4) is 5.75 Å². The van der Waals surface area contributed by atoms with Gasteiger partial charge in [0.25, 0.3) is 0 Å². The molecule has 0 aliphatic rings. The molecule has 0 unspecified atom stereocenters. The van der Waals surface area contributed by atoms with Gasteiger partial charge in [-0.25, -0.2) is 9.97 Å². The van der Waals surface area contributed by atoms with E-state index in [0.29, 0.717) is 12.1 Å². The second-order valence-electron chi connectivity index (χ2n) is 4.43. The van der Waals surface area contributed by atoms with Crippen molar-refractivity contribution in [2.24, 2.45) is 0 Å². The molecule has 1 N–H and O–H groups in total. The molecule has 0 aliphatic carbocycles. The van der Waals surface area contributed by atoms with Gasteiger partial charge < -0.3 is 10.1 Å². The Morgan fingerprint density at radius 1 is 1.04 bits per heavy atom. The summed E-state index contributed by atoms with van der Waals surface area (Å²) in [6.07, 6.45) is -6.87. The van der Waals surface area contributed by atoms with Crippen LogP contribution in [0.15, 0.2) is 30.6 Å². The fraction of sp³-hybridized carbons (Fsp3) is 0.231. The number of ether oxygens (including phenoxy) is 1. The summed E-state index contributed by atoms with van der Waals surface area (Å²) >= 11 is 5.50. The van der Waals surface area contributed by atoms with E-state index in [2.05, 4.69) is 20.0 Å². The second-order valence-corrected chi connectivity index (χ2v) is 4.83. The number of halogens is 7. The summed E-state index contributed by atoms with van der Waals surface area (Å²) in [6.45, 7) is -1.70. The summed E-state index contributed by atoms with van der Waals surface area (Å²) in [5, 5.41) is 1.58. The van der Waals surface area contributed by atoms with Crippen molar-refractivity contribution in [2.45, 2.75) is 12.4 Å². The number of alkyl halides is 6. The Labute approximate surface area is 136 Å². The molecule has 0 bridgehead atoms.